The van der Waals surface area contributed by atoms with E-state index in [-0.39, 0.29) is 5.56 Å². The van der Waals surface area contributed by atoms with E-state index in [0.717, 1.165) is 12.1 Å². The molecule has 2 aromatic carbocycles. The monoisotopic (exact) mass is 278 g/mol. The second-order valence-corrected chi connectivity index (χ2v) is 4.04. The fourth-order valence-corrected chi connectivity index (χ4v) is 1.59. The molecule has 0 unspecified atom stereocenters. The number of nitrogens with two attached hydrogens (primary N) is 1. The van der Waals surface area contributed by atoms with Gasteiger partial charge in [-0.1, -0.05) is 0 Å². The SMILES string of the molecule is COc1ccc(NC(=O)c2cc(F)c(N)c(F)c2)cc1. The summed E-state index contributed by atoms with van der Waals surface area (Å²) >= 11 is 0. The predicted octanol–water partition coefficient (Wildman–Crippen LogP) is 2.81. The van der Waals surface area contributed by atoms with Crippen molar-refractivity contribution in [1.29, 1.82) is 0 Å². The van der Waals surface area contributed by atoms with Gasteiger partial charge in [0.15, 0.2) is 0 Å². The van der Waals surface area contributed by atoms with E-state index in [4.69, 9.17) is 10.5 Å². The topological polar surface area (TPSA) is 64.3 Å². The molecule has 3 N–H and O–H groups in total. The third-order valence-electron chi connectivity index (χ3n) is 2.69. The van der Waals surface area contributed by atoms with Crippen LogP contribution >= 0.6 is 0 Å². The van der Waals surface area contributed by atoms with Gasteiger partial charge in [0.25, 0.3) is 5.91 Å². The molecule has 0 saturated heterocycles. The number of amides is 1. The van der Waals surface area contributed by atoms with Crippen LogP contribution in [0.1, 0.15) is 10.4 Å². The summed E-state index contributed by atoms with van der Waals surface area (Å²) < 4.78 is 31.5. The molecule has 0 bridgehead atoms. The second-order valence-electron chi connectivity index (χ2n) is 4.04. The lowest BCUT2D eigenvalue weighted by atomic mass is 10.1. The fourth-order valence-electron chi connectivity index (χ4n) is 1.59. The molecule has 0 aromatic heterocycles. The lowest BCUT2D eigenvalue weighted by Gasteiger charge is -2.07. The summed E-state index contributed by atoms with van der Waals surface area (Å²) in [4.78, 5) is 11.9. The van der Waals surface area contributed by atoms with Gasteiger partial charge in [0.2, 0.25) is 0 Å². The Morgan fingerprint density at radius 1 is 1.15 bits per heavy atom. The molecule has 20 heavy (non-hydrogen) atoms. The van der Waals surface area contributed by atoms with Gasteiger partial charge in [0, 0.05) is 11.3 Å². The fraction of sp³-hybridized carbons (Fsp3) is 0.0714. The van der Waals surface area contributed by atoms with Gasteiger partial charge >= 0.3 is 0 Å². The zero-order valence-electron chi connectivity index (χ0n) is 10.6. The van der Waals surface area contributed by atoms with Crippen LogP contribution in [0.15, 0.2) is 36.4 Å². The first-order valence-electron chi connectivity index (χ1n) is 5.71. The summed E-state index contributed by atoms with van der Waals surface area (Å²) in [5, 5.41) is 2.51. The predicted molar refractivity (Wildman–Crippen MR) is 71.7 cm³/mol. The largest absolute Gasteiger partial charge is 0.497 e. The first-order valence-corrected chi connectivity index (χ1v) is 5.71. The average molecular weight is 278 g/mol. The number of halogens is 2. The van der Waals surface area contributed by atoms with Crippen molar-refractivity contribution in [2.75, 3.05) is 18.2 Å². The van der Waals surface area contributed by atoms with Crippen LogP contribution in [0.5, 0.6) is 5.75 Å². The number of hydrogen-bond acceptors (Lipinski definition) is 3. The van der Waals surface area contributed by atoms with Crippen molar-refractivity contribution in [2.24, 2.45) is 0 Å². The van der Waals surface area contributed by atoms with Crippen molar-refractivity contribution in [3.63, 3.8) is 0 Å². The number of benzene rings is 2. The summed E-state index contributed by atoms with van der Waals surface area (Å²) in [6.45, 7) is 0. The lowest BCUT2D eigenvalue weighted by molar-refractivity contribution is 0.102. The standard InChI is InChI=1S/C14H12F2N2O2/c1-20-10-4-2-9(3-5-10)18-14(19)8-6-11(15)13(17)12(16)7-8/h2-7H,17H2,1H3,(H,18,19). The Bertz CT molecular complexity index is 619. The van der Waals surface area contributed by atoms with Gasteiger partial charge < -0.3 is 15.8 Å². The number of ether oxygens (including phenoxy) is 1. The van der Waals surface area contributed by atoms with Crippen LogP contribution in [-0.2, 0) is 0 Å². The smallest absolute Gasteiger partial charge is 0.255 e. The molecule has 1 amide bonds. The van der Waals surface area contributed by atoms with E-state index in [0.29, 0.717) is 11.4 Å². The first-order chi connectivity index (χ1) is 9.51. The highest BCUT2D eigenvalue weighted by molar-refractivity contribution is 6.04. The quantitative estimate of drug-likeness (QED) is 0.848. The summed E-state index contributed by atoms with van der Waals surface area (Å²) in [5.41, 5.74) is 4.87. The number of carbonyl (C=O) groups is 1. The molecule has 2 aromatic rings. The minimum absolute atomic E-state index is 0.148. The molecule has 6 heteroatoms. The van der Waals surface area contributed by atoms with Gasteiger partial charge in [-0.3, -0.25) is 4.79 Å². The molecule has 2 rings (SSSR count). The molecule has 0 aliphatic carbocycles. The molecule has 0 saturated carbocycles. The van der Waals surface area contributed by atoms with Gasteiger partial charge in [-0.05, 0) is 36.4 Å². The number of methoxy groups -OCH3 is 1. The van der Waals surface area contributed by atoms with E-state index >= 15 is 0 Å². The van der Waals surface area contributed by atoms with Crippen molar-refractivity contribution < 1.29 is 18.3 Å². The van der Waals surface area contributed by atoms with Gasteiger partial charge in [0.1, 0.15) is 23.1 Å². The van der Waals surface area contributed by atoms with E-state index in [1.165, 1.54) is 7.11 Å². The Morgan fingerprint density at radius 2 is 1.70 bits per heavy atom. The van der Waals surface area contributed by atoms with E-state index in [1.807, 2.05) is 0 Å². The van der Waals surface area contributed by atoms with Gasteiger partial charge in [-0.25, -0.2) is 8.78 Å². The van der Waals surface area contributed by atoms with Crippen LogP contribution in [0.3, 0.4) is 0 Å². The highest BCUT2D eigenvalue weighted by atomic mass is 19.1. The third-order valence-corrected chi connectivity index (χ3v) is 2.69. The lowest BCUT2D eigenvalue weighted by Crippen LogP contribution is -2.13. The average Bonchev–Trinajstić information content (AvgIpc) is 2.45. The Morgan fingerprint density at radius 3 is 2.20 bits per heavy atom. The number of nitrogens with one attached hydrogen (secondary N) is 1. The van der Waals surface area contributed by atoms with Crippen LogP contribution in [0.2, 0.25) is 0 Å². The molecular weight excluding hydrogens is 266 g/mol. The normalized spacial score (nSPS) is 10.2. The number of anilines is 2. The van der Waals surface area contributed by atoms with Crippen LogP contribution in [-0.4, -0.2) is 13.0 Å². The summed E-state index contributed by atoms with van der Waals surface area (Å²) in [5.74, 6) is -1.93. The zero-order chi connectivity index (χ0) is 14.7. The van der Waals surface area contributed by atoms with Crippen LogP contribution < -0.4 is 15.8 Å². The Labute approximate surface area is 114 Å². The minimum Gasteiger partial charge on any atom is -0.497 e. The van der Waals surface area contributed by atoms with E-state index in [1.54, 1.807) is 24.3 Å². The molecular formula is C14H12F2N2O2. The van der Waals surface area contributed by atoms with Crippen molar-refractivity contribution in [3.05, 3.63) is 53.6 Å². The number of nitrogen functional groups attached to an aromatic ring is 1. The Kier molecular flexibility index (Phi) is 3.84. The van der Waals surface area contributed by atoms with Gasteiger partial charge in [-0.15, -0.1) is 0 Å². The Balaban J connectivity index is 2.19. The van der Waals surface area contributed by atoms with Gasteiger partial charge in [-0.2, -0.15) is 0 Å². The van der Waals surface area contributed by atoms with Crippen molar-refractivity contribution in [2.45, 2.75) is 0 Å². The van der Waals surface area contributed by atoms with Crippen LogP contribution in [0.4, 0.5) is 20.2 Å². The summed E-state index contributed by atoms with van der Waals surface area (Å²) in [6.07, 6.45) is 0. The maximum absolute atomic E-state index is 13.3. The summed E-state index contributed by atoms with van der Waals surface area (Å²) in [7, 11) is 1.52. The highest BCUT2D eigenvalue weighted by Gasteiger charge is 2.13. The van der Waals surface area contributed by atoms with Gasteiger partial charge in [0.05, 0.1) is 7.11 Å². The minimum atomic E-state index is -0.968. The number of hydrogen-bond donors (Lipinski definition) is 2. The molecule has 0 spiro atoms. The molecule has 0 atom stereocenters. The number of carbonyl (C=O) groups excluding carboxylic acids is 1. The molecule has 0 radical (unpaired) electrons. The number of rotatable bonds is 3. The highest BCUT2D eigenvalue weighted by Crippen LogP contribution is 2.19. The van der Waals surface area contributed by atoms with E-state index in [2.05, 4.69) is 5.32 Å². The summed E-state index contributed by atoms with van der Waals surface area (Å²) in [6, 6.07) is 8.30. The van der Waals surface area contributed by atoms with Crippen molar-refractivity contribution in [3.8, 4) is 5.75 Å². The molecule has 0 fully saturated rings. The zero-order valence-corrected chi connectivity index (χ0v) is 10.6. The van der Waals surface area contributed by atoms with Crippen molar-refractivity contribution >= 4 is 17.3 Å². The van der Waals surface area contributed by atoms with Crippen molar-refractivity contribution in [1.82, 2.24) is 0 Å². The van der Waals surface area contributed by atoms with Crippen LogP contribution in [0.25, 0.3) is 0 Å². The van der Waals surface area contributed by atoms with E-state index < -0.39 is 23.2 Å². The molecule has 4 nitrogen and oxygen atoms in total. The maximum Gasteiger partial charge on any atom is 0.255 e. The van der Waals surface area contributed by atoms with E-state index in [9.17, 15) is 13.6 Å². The molecule has 0 aliphatic rings. The molecule has 0 heterocycles. The second kappa shape index (κ2) is 5.56. The van der Waals surface area contributed by atoms with Crippen LogP contribution in [0, 0.1) is 11.6 Å². The third kappa shape index (κ3) is 2.85. The molecule has 0 aliphatic heterocycles. The maximum atomic E-state index is 13.3. The first kappa shape index (κ1) is 13.8. The molecule has 104 valence electrons. The Hall–Kier alpha value is -2.63.